The first kappa shape index (κ1) is 8.49. The first-order chi connectivity index (χ1) is 6.61. The summed E-state index contributed by atoms with van der Waals surface area (Å²) in [5.74, 6) is -0.182. The third-order valence-electron chi connectivity index (χ3n) is 2.05. The van der Waals surface area contributed by atoms with E-state index in [-0.39, 0.29) is 0 Å². The van der Waals surface area contributed by atoms with Crippen molar-refractivity contribution < 1.29 is 4.79 Å². The lowest BCUT2D eigenvalue weighted by atomic mass is 10.3. The van der Waals surface area contributed by atoms with Crippen LogP contribution in [0, 0.1) is 0 Å². The van der Waals surface area contributed by atoms with Gasteiger partial charge in [-0.1, -0.05) is 0 Å². The number of amides is 1. The van der Waals surface area contributed by atoms with Crippen molar-refractivity contribution in [3.8, 4) is 0 Å². The van der Waals surface area contributed by atoms with E-state index >= 15 is 0 Å². The van der Waals surface area contributed by atoms with Crippen LogP contribution < -0.4 is 11.5 Å². The number of carbonyl (C=O) groups is 1. The number of hydrogen-bond acceptors (Lipinski definition) is 4. The Hall–Kier alpha value is -2.11. The van der Waals surface area contributed by atoms with Crippen LogP contribution in [0.1, 0.15) is 10.5 Å². The van der Waals surface area contributed by atoms with Gasteiger partial charge in [0, 0.05) is 13.2 Å². The lowest BCUT2D eigenvalue weighted by Crippen LogP contribution is -2.15. The lowest BCUT2D eigenvalue weighted by Gasteiger charge is -1.96. The van der Waals surface area contributed by atoms with Gasteiger partial charge in [0.05, 0.1) is 5.39 Å². The molecule has 1 amide bonds. The molecule has 0 atom stereocenters. The van der Waals surface area contributed by atoms with Crippen molar-refractivity contribution in [2.75, 3.05) is 5.73 Å². The van der Waals surface area contributed by atoms with Gasteiger partial charge in [-0.15, -0.1) is 0 Å². The topological polar surface area (TPSA) is 99.8 Å². The highest BCUT2D eigenvalue weighted by molar-refractivity contribution is 6.06. The molecule has 0 fully saturated rings. The summed E-state index contributed by atoms with van der Waals surface area (Å²) in [6.45, 7) is 0. The van der Waals surface area contributed by atoms with Crippen molar-refractivity contribution in [2.24, 2.45) is 12.8 Å². The Balaban J connectivity index is 2.90. The molecule has 0 radical (unpaired) electrons. The number of aryl methyl sites for hydroxylation is 1. The summed E-state index contributed by atoms with van der Waals surface area (Å²) >= 11 is 0. The number of rotatable bonds is 1. The maximum absolute atomic E-state index is 11.1. The van der Waals surface area contributed by atoms with Crippen molar-refractivity contribution in [3.05, 3.63) is 18.2 Å². The Morgan fingerprint density at radius 1 is 1.50 bits per heavy atom. The molecule has 0 bridgehead atoms. The third kappa shape index (κ3) is 1.00. The summed E-state index contributed by atoms with van der Waals surface area (Å²) in [6.07, 6.45) is 2.99. The van der Waals surface area contributed by atoms with Gasteiger partial charge in [0.25, 0.3) is 5.91 Å². The van der Waals surface area contributed by atoms with Crippen LogP contribution in [0.5, 0.6) is 0 Å². The first-order valence-electron chi connectivity index (χ1n) is 3.96. The number of primary amides is 1. The lowest BCUT2D eigenvalue weighted by molar-refractivity contribution is 0.0994. The van der Waals surface area contributed by atoms with Crippen molar-refractivity contribution in [3.63, 3.8) is 0 Å². The van der Waals surface area contributed by atoms with Gasteiger partial charge in [0.1, 0.15) is 23.4 Å². The molecular formula is C8H9N5O. The van der Waals surface area contributed by atoms with Crippen LogP contribution in [-0.2, 0) is 7.05 Å². The average molecular weight is 191 g/mol. The van der Waals surface area contributed by atoms with Crippen LogP contribution in [0.25, 0.3) is 10.9 Å². The summed E-state index contributed by atoms with van der Waals surface area (Å²) in [5.41, 5.74) is 11.7. The summed E-state index contributed by atoms with van der Waals surface area (Å²) in [4.78, 5) is 18.9. The number of carbonyl (C=O) groups excluding carboxylic acids is 1. The van der Waals surface area contributed by atoms with E-state index in [1.165, 1.54) is 6.33 Å². The molecule has 2 aromatic rings. The molecule has 6 heteroatoms. The Bertz CT molecular complexity index is 516. The van der Waals surface area contributed by atoms with E-state index in [4.69, 9.17) is 11.5 Å². The predicted octanol–water partition coefficient (Wildman–Crippen LogP) is -0.351. The van der Waals surface area contributed by atoms with Crippen LogP contribution in [-0.4, -0.2) is 20.4 Å². The zero-order valence-electron chi connectivity index (χ0n) is 7.56. The minimum absolute atomic E-state index is 0.342. The monoisotopic (exact) mass is 191 g/mol. The summed E-state index contributed by atoms with van der Waals surface area (Å²) in [5, 5.41) is 0.642. The fraction of sp³-hybridized carbons (Fsp3) is 0.125. The second-order valence-electron chi connectivity index (χ2n) is 2.97. The van der Waals surface area contributed by atoms with E-state index in [0.717, 1.165) is 0 Å². The van der Waals surface area contributed by atoms with E-state index in [9.17, 15) is 4.79 Å². The molecule has 0 aliphatic heterocycles. The SMILES string of the molecule is Cn1cc2c(N)ncnc2c1C(N)=O. The van der Waals surface area contributed by atoms with Gasteiger partial charge in [-0.05, 0) is 0 Å². The fourth-order valence-electron chi connectivity index (χ4n) is 1.44. The predicted molar refractivity (Wildman–Crippen MR) is 51.4 cm³/mol. The standard InChI is InChI=1S/C8H9N5O/c1-13-2-4-5(6(13)8(10)14)11-3-12-7(4)9/h2-3H,1H3,(H2,10,14)(H2,9,11,12). The van der Waals surface area contributed by atoms with E-state index in [1.807, 2.05) is 0 Å². The smallest absolute Gasteiger partial charge is 0.267 e. The molecule has 0 spiro atoms. The highest BCUT2D eigenvalue weighted by Gasteiger charge is 2.14. The number of fused-ring (bicyclic) bond motifs is 1. The molecule has 4 N–H and O–H groups in total. The largest absolute Gasteiger partial charge is 0.383 e. The van der Waals surface area contributed by atoms with Gasteiger partial charge in [0.2, 0.25) is 0 Å². The highest BCUT2D eigenvalue weighted by atomic mass is 16.1. The molecular weight excluding hydrogens is 182 g/mol. The maximum atomic E-state index is 11.1. The normalized spacial score (nSPS) is 10.6. The van der Waals surface area contributed by atoms with Crippen molar-refractivity contribution in [1.82, 2.24) is 14.5 Å². The van der Waals surface area contributed by atoms with Gasteiger partial charge in [0.15, 0.2) is 0 Å². The minimum atomic E-state index is -0.527. The third-order valence-corrected chi connectivity index (χ3v) is 2.05. The molecule has 0 saturated carbocycles. The molecule has 2 rings (SSSR count). The molecule has 2 heterocycles. The molecule has 14 heavy (non-hydrogen) atoms. The number of hydrogen-bond donors (Lipinski definition) is 2. The van der Waals surface area contributed by atoms with E-state index in [1.54, 1.807) is 17.8 Å². The maximum Gasteiger partial charge on any atom is 0.267 e. The molecule has 72 valence electrons. The van der Waals surface area contributed by atoms with E-state index < -0.39 is 5.91 Å². The van der Waals surface area contributed by atoms with Crippen molar-refractivity contribution in [2.45, 2.75) is 0 Å². The fourth-order valence-corrected chi connectivity index (χ4v) is 1.44. The van der Waals surface area contributed by atoms with Gasteiger partial charge in [-0.25, -0.2) is 9.97 Å². The minimum Gasteiger partial charge on any atom is -0.383 e. The number of nitrogen functional groups attached to an aromatic ring is 1. The Labute approximate surface area is 79.5 Å². The van der Waals surface area contributed by atoms with Crippen LogP contribution in [0.2, 0.25) is 0 Å². The zero-order chi connectivity index (χ0) is 10.3. The molecule has 0 unspecified atom stereocenters. The van der Waals surface area contributed by atoms with Gasteiger partial charge >= 0.3 is 0 Å². The number of nitrogens with zero attached hydrogens (tertiary/aromatic N) is 3. The molecule has 2 aromatic heterocycles. The Morgan fingerprint density at radius 3 is 2.86 bits per heavy atom. The summed E-state index contributed by atoms with van der Waals surface area (Å²) in [7, 11) is 1.71. The van der Waals surface area contributed by atoms with Gasteiger partial charge < -0.3 is 16.0 Å². The van der Waals surface area contributed by atoms with Crippen LogP contribution in [0.3, 0.4) is 0 Å². The summed E-state index contributed by atoms with van der Waals surface area (Å²) < 4.78 is 1.60. The quantitative estimate of drug-likeness (QED) is 0.643. The van der Waals surface area contributed by atoms with E-state index in [2.05, 4.69) is 9.97 Å². The highest BCUT2D eigenvalue weighted by Crippen LogP contribution is 2.21. The molecule has 6 nitrogen and oxygen atoms in total. The zero-order valence-corrected chi connectivity index (χ0v) is 7.56. The van der Waals surface area contributed by atoms with Crippen LogP contribution in [0.15, 0.2) is 12.5 Å². The Morgan fingerprint density at radius 2 is 2.21 bits per heavy atom. The van der Waals surface area contributed by atoms with Gasteiger partial charge in [-0.2, -0.15) is 0 Å². The van der Waals surface area contributed by atoms with Gasteiger partial charge in [-0.3, -0.25) is 4.79 Å². The Kier molecular flexibility index (Phi) is 1.63. The first-order valence-corrected chi connectivity index (χ1v) is 3.96. The molecule has 0 aliphatic carbocycles. The van der Waals surface area contributed by atoms with E-state index in [0.29, 0.717) is 22.4 Å². The second-order valence-corrected chi connectivity index (χ2v) is 2.97. The summed E-state index contributed by atoms with van der Waals surface area (Å²) in [6, 6.07) is 0. The van der Waals surface area contributed by atoms with Crippen molar-refractivity contribution in [1.29, 1.82) is 0 Å². The second kappa shape index (κ2) is 2.69. The average Bonchev–Trinajstić information content (AvgIpc) is 2.42. The van der Waals surface area contributed by atoms with Crippen LogP contribution in [0.4, 0.5) is 5.82 Å². The number of aromatic nitrogens is 3. The number of anilines is 1. The van der Waals surface area contributed by atoms with Crippen LogP contribution >= 0.6 is 0 Å². The molecule has 0 aromatic carbocycles. The molecule has 0 aliphatic rings. The molecule has 0 saturated heterocycles. The number of nitrogens with two attached hydrogens (primary N) is 2. The van der Waals surface area contributed by atoms with Crippen molar-refractivity contribution >= 4 is 22.6 Å².